The van der Waals surface area contributed by atoms with Crippen LogP contribution in [0.25, 0.3) is 26.9 Å². The first-order valence-corrected chi connectivity index (χ1v) is 9.57. The molecule has 29 heavy (non-hydrogen) atoms. The summed E-state index contributed by atoms with van der Waals surface area (Å²) in [7, 11) is 1.76. The van der Waals surface area contributed by atoms with E-state index in [9.17, 15) is 18.0 Å². The third-order valence-electron chi connectivity index (χ3n) is 4.55. The van der Waals surface area contributed by atoms with Gasteiger partial charge in [-0.2, -0.15) is 18.3 Å². The summed E-state index contributed by atoms with van der Waals surface area (Å²) < 4.78 is 42.1. The summed E-state index contributed by atoms with van der Waals surface area (Å²) in [6.07, 6.45) is -2.61. The number of rotatable bonds is 4. The molecular weight excluding hydrogens is 405 g/mol. The number of amides is 1. The van der Waals surface area contributed by atoms with Crippen molar-refractivity contribution in [1.82, 2.24) is 19.7 Å². The molecule has 0 aliphatic rings. The van der Waals surface area contributed by atoms with Crippen LogP contribution in [-0.4, -0.2) is 38.0 Å². The molecule has 2 N–H and O–H groups in total. The highest BCUT2D eigenvalue weighted by molar-refractivity contribution is 7.20. The van der Waals surface area contributed by atoms with Gasteiger partial charge < -0.3 is 10.4 Å². The average molecular weight is 422 g/mol. The van der Waals surface area contributed by atoms with Crippen molar-refractivity contribution in [2.24, 2.45) is 7.05 Å². The molecule has 0 aliphatic heterocycles. The highest BCUT2D eigenvalue weighted by atomic mass is 32.1. The van der Waals surface area contributed by atoms with Crippen LogP contribution in [0.3, 0.4) is 0 Å². The highest BCUT2D eigenvalue weighted by Crippen LogP contribution is 2.37. The van der Waals surface area contributed by atoms with Crippen LogP contribution < -0.4 is 5.32 Å². The predicted octanol–water partition coefficient (Wildman–Crippen LogP) is 3.71. The Morgan fingerprint density at radius 1 is 1.28 bits per heavy atom. The Morgan fingerprint density at radius 2 is 1.97 bits per heavy atom. The lowest BCUT2D eigenvalue weighted by Gasteiger charge is -2.10. The summed E-state index contributed by atoms with van der Waals surface area (Å²) in [5.74, 6) is -0.316. The first-order valence-electron chi connectivity index (χ1n) is 8.76. The van der Waals surface area contributed by atoms with Gasteiger partial charge in [0.05, 0.1) is 17.0 Å². The first kappa shape index (κ1) is 19.5. The summed E-state index contributed by atoms with van der Waals surface area (Å²) in [6.45, 7) is 1.51. The number of aliphatic hydroxyl groups excluding tert-OH is 1. The number of hydrogen-bond donors (Lipinski definition) is 2. The molecule has 0 bridgehead atoms. The fraction of sp³-hybridized carbons (Fsp3) is 0.263. The molecule has 6 nitrogen and oxygen atoms in total. The predicted molar refractivity (Wildman–Crippen MR) is 104 cm³/mol. The van der Waals surface area contributed by atoms with E-state index in [-0.39, 0.29) is 18.6 Å². The van der Waals surface area contributed by atoms with E-state index >= 15 is 0 Å². The van der Waals surface area contributed by atoms with Crippen molar-refractivity contribution >= 4 is 38.5 Å². The van der Waals surface area contributed by atoms with Crippen molar-refractivity contribution in [2.45, 2.75) is 19.1 Å². The maximum absolute atomic E-state index is 12.9. The van der Waals surface area contributed by atoms with Gasteiger partial charge in [-0.25, -0.2) is 0 Å². The maximum Gasteiger partial charge on any atom is 0.416 e. The second-order valence-electron chi connectivity index (χ2n) is 6.81. The SMILES string of the molecule is C[C@@H](CO)NC(=O)c1cc2c3cn(C)nc3n(-c3ccc(C(F)(F)F)cc3)c2s1. The number of carbonyl (C=O) groups excluding carboxylic acids is 1. The number of carbonyl (C=O) groups is 1. The quantitative estimate of drug-likeness (QED) is 0.527. The van der Waals surface area contributed by atoms with Gasteiger partial charge in [0, 0.05) is 35.7 Å². The Morgan fingerprint density at radius 3 is 2.59 bits per heavy atom. The van der Waals surface area contributed by atoms with Gasteiger partial charge in [-0.05, 0) is 37.3 Å². The molecule has 0 aliphatic carbocycles. The van der Waals surface area contributed by atoms with Crippen molar-refractivity contribution < 1.29 is 23.1 Å². The third-order valence-corrected chi connectivity index (χ3v) is 5.67. The standard InChI is InChI=1S/C19H17F3N4O2S/c1-10(9-27)23-17(28)15-7-13-14-8-25(2)24-16(14)26(18(13)29-15)12-5-3-11(4-6-12)19(20,21)22/h3-8,10,27H,9H2,1-2H3,(H,23,28)/t10-/m0/s1. The van der Waals surface area contributed by atoms with Gasteiger partial charge in [0.1, 0.15) is 4.83 Å². The summed E-state index contributed by atoms with van der Waals surface area (Å²) >= 11 is 1.22. The Hall–Kier alpha value is -2.85. The number of thiophene rings is 1. The molecule has 0 radical (unpaired) electrons. The van der Waals surface area contributed by atoms with Crippen molar-refractivity contribution in [3.8, 4) is 5.69 Å². The molecule has 1 aromatic carbocycles. The summed E-state index contributed by atoms with van der Waals surface area (Å²) in [6, 6.07) is 6.19. The van der Waals surface area contributed by atoms with Gasteiger partial charge in [0.15, 0.2) is 5.65 Å². The van der Waals surface area contributed by atoms with E-state index in [2.05, 4.69) is 10.4 Å². The molecular formula is C19H17F3N4O2S. The Balaban J connectivity index is 1.86. The smallest absolute Gasteiger partial charge is 0.394 e. The fourth-order valence-electron chi connectivity index (χ4n) is 3.16. The number of nitrogens with zero attached hydrogens (tertiary/aromatic N) is 3. The Bertz CT molecular complexity index is 1200. The zero-order valence-corrected chi connectivity index (χ0v) is 16.3. The van der Waals surface area contributed by atoms with Crippen LogP contribution >= 0.6 is 11.3 Å². The third kappa shape index (κ3) is 3.38. The minimum Gasteiger partial charge on any atom is -0.394 e. The molecule has 3 heterocycles. The van der Waals surface area contributed by atoms with E-state index in [0.717, 1.165) is 22.9 Å². The van der Waals surface area contributed by atoms with E-state index in [0.29, 0.717) is 21.0 Å². The van der Waals surface area contributed by atoms with Gasteiger partial charge >= 0.3 is 6.18 Å². The molecule has 4 aromatic rings. The van der Waals surface area contributed by atoms with Gasteiger partial charge in [0.2, 0.25) is 0 Å². The summed E-state index contributed by atoms with van der Waals surface area (Å²) in [5, 5.41) is 17.9. The molecule has 0 saturated heterocycles. The minimum atomic E-state index is -4.41. The summed E-state index contributed by atoms with van der Waals surface area (Å²) in [5.41, 5.74) is 0.393. The largest absolute Gasteiger partial charge is 0.416 e. The number of aliphatic hydroxyl groups is 1. The maximum atomic E-state index is 12.9. The number of hydrogen-bond acceptors (Lipinski definition) is 4. The van der Waals surface area contributed by atoms with Gasteiger partial charge in [0.25, 0.3) is 5.91 Å². The van der Waals surface area contributed by atoms with E-state index in [1.807, 2.05) is 6.20 Å². The van der Waals surface area contributed by atoms with Crippen LogP contribution in [0.4, 0.5) is 13.2 Å². The lowest BCUT2D eigenvalue weighted by atomic mass is 10.2. The molecule has 0 unspecified atom stereocenters. The second kappa shape index (κ2) is 6.89. The molecule has 0 saturated carbocycles. The van der Waals surface area contributed by atoms with E-state index in [1.165, 1.54) is 23.5 Å². The number of aromatic nitrogens is 3. The molecule has 3 aromatic heterocycles. The molecule has 1 atom stereocenters. The van der Waals surface area contributed by atoms with Crippen LogP contribution in [0.1, 0.15) is 22.2 Å². The van der Waals surface area contributed by atoms with Crippen LogP contribution in [0.15, 0.2) is 36.5 Å². The molecule has 152 valence electrons. The zero-order valence-electron chi connectivity index (χ0n) is 15.5. The Labute approximate surface area is 167 Å². The van der Waals surface area contributed by atoms with E-state index in [1.54, 1.807) is 29.3 Å². The topological polar surface area (TPSA) is 72.1 Å². The van der Waals surface area contributed by atoms with E-state index in [4.69, 9.17) is 5.11 Å². The molecule has 1 amide bonds. The normalized spacial score (nSPS) is 13.3. The van der Waals surface area contributed by atoms with Crippen molar-refractivity contribution in [3.63, 3.8) is 0 Å². The number of aryl methyl sites for hydroxylation is 1. The molecule has 0 spiro atoms. The summed E-state index contributed by atoms with van der Waals surface area (Å²) in [4.78, 5) is 13.6. The zero-order chi connectivity index (χ0) is 20.9. The molecule has 10 heteroatoms. The number of halogens is 3. The molecule has 0 fully saturated rings. The minimum absolute atomic E-state index is 0.179. The monoisotopic (exact) mass is 422 g/mol. The van der Waals surface area contributed by atoms with Crippen molar-refractivity contribution in [2.75, 3.05) is 6.61 Å². The number of nitrogens with one attached hydrogen (secondary N) is 1. The number of alkyl halides is 3. The van der Waals surface area contributed by atoms with Crippen LogP contribution in [0, 0.1) is 0 Å². The Kier molecular flexibility index (Phi) is 4.62. The lowest BCUT2D eigenvalue weighted by molar-refractivity contribution is -0.137. The number of fused-ring (bicyclic) bond motifs is 3. The van der Waals surface area contributed by atoms with Gasteiger partial charge in [-0.3, -0.25) is 14.0 Å². The van der Waals surface area contributed by atoms with Gasteiger partial charge in [-0.15, -0.1) is 11.3 Å². The van der Waals surface area contributed by atoms with Crippen LogP contribution in [0.2, 0.25) is 0 Å². The second-order valence-corrected chi connectivity index (χ2v) is 7.84. The fourth-order valence-corrected chi connectivity index (χ4v) is 4.26. The lowest BCUT2D eigenvalue weighted by Crippen LogP contribution is -2.34. The van der Waals surface area contributed by atoms with Crippen molar-refractivity contribution in [1.29, 1.82) is 0 Å². The van der Waals surface area contributed by atoms with Gasteiger partial charge in [-0.1, -0.05) is 0 Å². The average Bonchev–Trinajstić information content (AvgIpc) is 3.31. The van der Waals surface area contributed by atoms with Crippen LogP contribution in [-0.2, 0) is 13.2 Å². The first-order chi connectivity index (χ1) is 13.7. The number of benzene rings is 1. The molecule has 4 rings (SSSR count). The highest BCUT2D eigenvalue weighted by Gasteiger charge is 2.30. The van der Waals surface area contributed by atoms with Crippen molar-refractivity contribution in [3.05, 3.63) is 47.0 Å². The van der Waals surface area contributed by atoms with E-state index < -0.39 is 11.7 Å². The van der Waals surface area contributed by atoms with Crippen LogP contribution in [0.5, 0.6) is 0 Å².